The first kappa shape index (κ1) is 4.78. The second-order valence-corrected chi connectivity index (χ2v) is 1.82. The van der Waals surface area contributed by atoms with Gasteiger partial charge in [0.15, 0.2) is 6.04 Å². The first-order valence-corrected chi connectivity index (χ1v) is 2.44. The predicted octanol–water partition coefficient (Wildman–Crippen LogP) is -1.45. The Bertz CT molecular complexity index is 82.1. The summed E-state index contributed by atoms with van der Waals surface area (Å²) in [5.41, 5.74) is 0. The molecule has 7 heavy (non-hydrogen) atoms. The van der Waals surface area contributed by atoms with Crippen molar-refractivity contribution in [2.24, 2.45) is 0 Å². The fourth-order valence-corrected chi connectivity index (χ4v) is 0.647. The van der Waals surface area contributed by atoms with Gasteiger partial charge in [-0.3, -0.25) is 0 Å². The van der Waals surface area contributed by atoms with Crippen LogP contribution >= 0.6 is 0 Å². The van der Waals surface area contributed by atoms with Crippen molar-refractivity contribution in [3.8, 4) is 0 Å². The van der Waals surface area contributed by atoms with Crippen LogP contribution in [0.2, 0.25) is 0 Å². The fourth-order valence-electron chi connectivity index (χ4n) is 0.647. The van der Waals surface area contributed by atoms with E-state index >= 15 is 0 Å². The van der Waals surface area contributed by atoms with E-state index in [4.69, 9.17) is 4.74 Å². The Hall–Kier alpha value is -0.370. The Balaban J connectivity index is 2.17. The van der Waals surface area contributed by atoms with E-state index in [9.17, 15) is 0 Å². The molecule has 2 heteroatoms. The highest BCUT2D eigenvalue weighted by Gasteiger charge is 2.41. The Labute approximate surface area is 43.2 Å². The van der Waals surface area contributed by atoms with Gasteiger partial charge in [-0.05, 0) is 0 Å². The normalized spacial score (nSPS) is 37.9. The molecule has 2 nitrogen and oxygen atoms in total. The molecular formula is C5H10NO+. The van der Waals surface area contributed by atoms with Crippen LogP contribution in [-0.4, -0.2) is 26.0 Å². The summed E-state index contributed by atoms with van der Waals surface area (Å²) >= 11 is 0. The largest absolute Gasteiger partial charge is 0.374 e. The van der Waals surface area contributed by atoms with Crippen molar-refractivity contribution >= 4 is 6.72 Å². The van der Waals surface area contributed by atoms with Gasteiger partial charge in [0, 0.05) is 13.5 Å². The maximum Gasteiger partial charge on any atom is 0.179 e. The first-order valence-electron chi connectivity index (χ1n) is 2.44. The highest BCUT2D eigenvalue weighted by molar-refractivity contribution is 5.13. The van der Waals surface area contributed by atoms with Gasteiger partial charge in [-0.15, -0.1) is 0 Å². The highest BCUT2D eigenvalue weighted by Crippen LogP contribution is 2.18. The lowest BCUT2D eigenvalue weighted by molar-refractivity contribution is -0.468. The van der Waals surface area contributed by atoms with Gasteiger partial charge in [0.2, 0.25) is 0 Å². The zero-order valence-electron chi connectivity index (χ0n) is 4.48. The molecule has 1 N–H and O–H groups in total. The zero-order chi connectivity index (χ0) is 5.28. The van der Waals surface area contributed by atoms with E-state index in [-0.39, 0.29) is 0 Å². The van der Waals surface area contributed by atoms with E-state index in [1.165, 1.54) is 0 Å². The van der Waals surface area contributed by atoms with Crippen LogP contribution in [0.25, 0.3) is 0 Å². The molecule has 1 aliphatic carbocycles. The van der Waals surface area contributed by atoms with Gasteiger partial charge in [-0.1, -0.05) is 0 Å². The fraction of sp³-hybridized carbons (Fsp3) is 0.800. The van der Waals surface area contributed by atoms with Crippen LogP contribution < -0.4 is 4.99 Å². The van der Waals surface area contributed by atoms with Crippen molar-refractivity contribution in [2.45, 2.75) is 18.6 Å². The summed E-state index contributed by atoms with van der Waals surface area (Å²) in [5.74, 6) is 0. The minimum atomic E-state index is 0.442. The van der Waals surface area contributed by atoms with Gasteiger partial charge < -0.3 is 4.74 Å². The van der Waals surface area contributed by atoms with Crippen molar-refractivity contribution in [3.05, 3.63) is 0 Å². The maximum absolute atomic E-state index is 4.96. The Morgan fingerprint density at radius 2 is 2.57 bits per heavy atom. The Kier molecular flexibility index (Phi) is 1.11. The zero-order valence-corrected chi connectivity index (χ0v) is 4.48. The van der Waals surface area contributed by atoms with E-state index in [0.29, 0.717) is 12.1 Å². The molecule has 0 bridgehead atoms. The van der Waals surface area contributed by atoms with E-state index < -0.39 is 0 Å². The second-order valence-electron chi connectivity index (χ2n) is 1.82. The van der Waals surface area contributed by atoms with Crippen LogP contribution in [0.1, 0.15) is 6.42 Å². The van der Waals surface area contributed by atoms with Crippen LogP contribution in [0.5, 0.6) is 0 Å². The molecule has 0 amide bonds. The van der Waals surface area contributed by atoms with E-state index in [1.54, 1.807) is 7.11 Å². The molecule has 1 saturated carbocycles. The van der Waals surface area contributed by atoms with Crippen LogP contribution in [0.15, 0.2) is 0 Å². The second kappa shape index (κ2) is 1.62. The van der Waals surface area contributed by atoms with E-state index in [1.807, 2.05) is 0 Å². The SMILES string of the molecule is C=[NH+]C1CC1OC. The lowest BCUT2D eigenvalue weighted by Crippen LogP contribution is -2.69. The van der Waals surface area contributed by atoms with Crippen molar-refractivity contribution < 1.29 is 9.73 Å². The number of hydrogen-bond acceptors (Lipinski definition) is 1. The average Bonchev–Trinajstić information content (AvgIpc) is 2.43. The molecule has 0 aliphatic heterocycles. The van der Waals surface area contributed by atoms with Gasteiger partial charge in [0.1, 0.15) is 12.8 Å². The molecule has 1 rings (SSSR count). The molecule has 2 unspecified atom stereocenters. The molecule has 2 atom stereocenters. The van der Waals surface area contributed by atoms with Crippen molar-refractivity contribution in [1.29, 1.82) is 0 Å². The van der Waals surface area contributed by atoms with Gasteiger partial charge in [-0.2, -0.15) is 0 Å². The Morgan fingerprint density at radius 3 is 2.71 bits per heavy atom. The quantitative estimate of drug-likeness (QED) is 0.422. The third kappa shape index (κ3) is 0.800. The molecular weight excluding hydrogens is 90.1 g/mol. The molecule has 1 aliphatic rings. The topological polar surface area (TPSA) is 23.2 Å². The van der Waals surface area contributed by atoms with Crippen molar-refractivity contribution in [3.63, 3.8) is 0 Å². The van der Waals surface area contributed by atoms with Crippen molar-refractivity contribution in [2.75, 3.05) is 7.11 Å². The maximum atomic E-state index is 4.96. The molecule has 0 radical (unpaired) electrons. The summed E-state index contributed by atoms with van der Waals surface area (Å²) in [7, 11) is 1.72. The summed E-state index contributed by atoms with van der Waals surface area (Å²) in [6.07, 6.45) is 1.57. The monoisotopic (exact) mass is 100 g/mol. The third-order valence-corrected chi connectivity index (χ3v) is 1.30. The molecule has 1 fully saturated rings. The van der Waals surface area contributed by atoms with Gasteiger partial charge in [0.05, 0.1) is 0 Å². The van der Waals surface area contributed by atoms with Crippen LogP contribution in [-0.2, 0) is 4.74 Å². The molecule has 0 aromatic rings. The highest BCUT2D eigenvalue weighted by atomic mass is 16.5. The van der Waals surface area contributed by atoms with Gasteiger partial charge in [-0.25, -0.2) is 4.99 Å². The van der Waals surface area contributed by atoms with Crippen LogP contribution in [0.3, 0.4) is 0 Å². The molecule has 0 spiro atoms. The van der Waals surface area contributed by atoms with Crippen LogP contribution in [0.4, 0.5) is 0 Å². The predicted molar refractivity (Wildman–Crippen MR) is 27.3 cm³/mol. The summed E-state index contributed by atoms with van der Waals surface area (Å²) in [5, 5.41) is 0. The summed E-state index contributed by atoms with van der Waals surface area (Å²) < 4.78 is 4.96. The van der Waals surface area contributed by atoms with Crippen LogP contribution in [0, 0.1) is 0 Å². The molecule has 0 aromatic carbocycles. The number of nitrogens with one attached hydrogen (secondary N) is 1. The number of rotatable bonds is 2. The third-order valence-electron chi connectivity index (χ3n) is 1.30. The number of methoxy groups -OCH3 is 1. The minimum Gasteiger partial charge on any atom is -0.374 e. The standard InChI is InChI=1S/C5H9NO/c1-6-4-3-5(4)7-2/h4-5H,1,3H2,2H3/p+1. The lowest BCUT2D eigenvalue weighted by Gasteiger charge is -1.82. The van der Waals surface area contributed by atoms with E-state index in [2.05, 4.69) is 11.7 Å². The summed E-state index contributed by atoms with van der Waals surface area (Å²) in [6, 6.07) is 0.532. The van der Waals surface area contributed by atoms with Gasteiger partial charge >= 0.3 is 0 Å². The smallest absolute Gasteiger partial charge is 0.179 e. The number of hydrogen-bond donors (Lipinski definition) is 1. The van der Waals surface area contributed by atoms with E-state index in [0.717, 1.165) is 6.42 Å². The minimum absolute atomic E-state index is 0.442. The first-order chi connectivity index (χ1) is 3.38. The molecule has 0 saturated heterocycles. The lowest BCUT2D eigenvalue weighted by atomic mass is 10.7. The van der Waals surface area contributed by atoms with Gasteiger partial charge in [0.25, 0.3) is 0 Å². The van der Waals surface area contributed by atoms with Crippen molar-refractivity contribution in [1.82, 2.24) is 0 Å². The molecule has 0 aromatic heterocycles. The molecule has 0 heterocycles. The average molecular weight is 100 g/mol. The Morgan fingerprint density at radius 1 is 1.86 bits per heavy atom. The number of ether oxygens (including phenoxy) is 1. The summed E-state index contributed by atoms with van der Waals surface area (Å²) in [4.78, 5) is 2.86. The molecule has 40 valence electrons. The summed E-state index contributed by atoms with van der Waals surface area (Å²) in [6.45, 7) is 3.52.